The summed E-state index contributed by atoms with van der Waals surface area (Å²) in [5.74, 6) is 4.15. The first kappa shape index (κ1) is 24.6. The standard InChI is InChI=1S/C26H25N3O5/c1-17(31)20-7-3-18(4-8-20)6-11-24(32)27-14-19-5-9-21(16-30)22(13-19)15-29(2)23-10-12-25(33)28-26(23)34/h3-5,7-9,13,16,23H,10,12,14-15H2,1-2H3,(H,27,32)(H,28,33,34). The number of Topliss-reactive ketones (excluding diaryl/α,β-unsaturated/α-hetero) is 1. The van der Waals surface area contributed by atoms with E-state index < -0.39 is 11.9 Å². The van der Waals surface area contributed by atoms with Crippen LogP contribution in [0.3, 0.4) is 0 Å². The number of likely N-dealkylation sites (N-methyl/N-ethyl adjacent to an activating group) is 1. The zero-order valence-electron chi connectivity index (χ0n) is 19.0. The number of hydrogen-bond acceptors (Lipinski definition) is 6. The van der Waals surface area contributed by atoms with Crippen LogP contribution in [0.5, 0.6) is 0 Å². The lowest BCUT2D eigenvalue weighted by Crippen LogP contribution is -2.51. The Bertz CT molecular complexity index is 1190. The van der Waals surface area contributed by atoms with E-state index in [0.29, 0.717) is 35.2 Å². The quantitative estimate of drug-likeness (QED) is 0.282. The van der Waals surface area contributed by atoms with Crippen LogP contribution in [0.1, 0.15) is 57.2 Å². The highest BCUT2D eigenvalue weighted by Crippen LogP contribution is 2.17. The zero-order valence-corrected chi connectivity index (χ0v) is 19.0. The van der Waals surface area contributed by atoms with E-state index in [2.05, 4.69) is 22.5 Å². The summed E-state index contributed by atoms with van der Waals surface area (Å²) in [6, 6.07) is 11.4. The normalized spacial score (nSPS) is 15.2. The molecule has 1 heterocycles. The van der Waals surface area contributed by atoms with Crippen molar-refractivity contribution in [2.24, 2.45) is 0 Å². The Balaban J connectivity index is 1.62. The molecule has 8 heteroatoms. The molecule has 2 aromatic carbocycles. The highest BCUT2D eigenvalue weighted by molar-refractivity contribution is 6.00. The van der Waals surface area contributed by atoms with Crippen LogP contribution in [0.15, 0.2) is 42.5 Å². The predicted molar refractivity (Wildman–Crippen MR) is 125 cm³/mol. The molecule has 0 bridgehead atoms. The summed E-state index contributed by atoms with van der Waals surface area (Å²) in [5, 5.41) is 5.06. The van der Waals surface area contributed by atoms with Gasteiger partial charge in [0, 0.05) is 42.1 Å². The number of hydrogen-bond donors (Lipinski definition) is 2. The molecule has 174 valence electrons. The molecule has 2 aromatic rings. The number of nitrogens with one attached hydrogen (secondary N) is 2. The number of carbonyl (C=O) groups is 5. The molecule has 1 atom stereocenters. The van der Waals surface area contributed by atoms with Gasteiger partial charge in [-0.25, -0.2) is 0 Å². The maximum Gasteiger partial charge on any atom is 0.296 e. The summed E-state index contributed by atoms with van der Waals surface area (Å²) in [4.78, 5) is 60.3. The average molecular weight is 460 g/mol. The summed E-state index contributed by atoms with van der Waals surface area (Å²) >= 11 is 0. The topological polar surface area (TPSA) is 113 Å². The van der Waals surface area contributed by atoms with Crippen LogP contribution < -0.4 is 10.6 Å². The van der Waals surface area contributed by atoms with Gasteiger partial charge in [-0.1, -0.05) is 36.3 Å². The second kappa shape index (κ2) is 11.2. The molecule has 1 unspecified atom stereocenters. The van der Waals surface area contributed by atoms with Crippen LogP contribution in [-0.4, -0.2) is 47.8 Å². The fourth-order valence-corrected chi connectivity index (χ4v) is 3.65. The van der Waals surface area contributed by atoms with Gasteiger partial charge in [0.15, 0.2) is 5.78 Å². The monoisotopic (exact) mass is 459 g/mol. The molecule has 1 aliphatic rings. The largest absolute Gasteiger partial charge is 0.341 e. The molecule has 0 saturated carbocycles. The van der Waals surface area contributed by atoms with Crippen molar-refractivity contribution in [3.05, 3.63) is 70.3 Å². The number of aldehydes is 1. The molecule has 0 aromatic heterocycles. The Morgan fingerprint density at radius 1 is 1.18 bits per heavy atom. The third-order valence-corrected chi connectivity index (χ3v) is 5.56. The molecule has 8 nitrogen and oxygen atoms in total. The van der Waals surface area contributed by atoms with Gasteiger partial charge in [0.2, 0.25) is 11.8 Å². The lowest BCUT2D eigenvalue weighted by molar-refractivity contribution is -0.137. The minimum absolute atomic E-state index is 0.0412. The van der Waals surface area contributed by atoms with E-state index in [1.165, 1.54) is 6.92 Å². The summed E-state index contributed by atoms with van der Waals surface area (Å²) in [5.41, 5.74) is 3.17. The summed E-state index contributed by atoms with van der Waals surface area (Å²) in [6.45, 7) is 2.03. The van der Waals surface area contributed by atoms with E-state index in [1.54, 1.807) is 54.4 Å². The van der Waals surface area contributed by atoms with Crippen molar-refractivity contribution in [2.75, 3.05) is 7.05 Å². The van der Waals surface area contributed by atoms with Crippen LogP contribution in [0.4, 0.5) is 0 Å². The molecule has 0 radical (unpaired) electrons. The molecule has 1 aliphatic heterocycles. The first-order valence-electron chi connectivity index (χ1n) is 10.8. The van der Waals surface area contributed by atoms with Crippen molar-refractivity contribution in [2.45, 2.75) is 38.9 Å². The fraction of sp³-hybridized carbons (Fsp3) is 0.269. The maximum absolute atomic E-state index is 12.1. The third kappa shape index (κ3) is 6.47. The SMILES string of the molecule is CC(=O)c1ccc(C#CC(=O)NCc2ccc(C=O)c(CN(C)C3CCC(=O)NC3=O)c2)cc1. The minimum Gasteiger partial charge on any atom is -0.341 e. The van der Waals surface area contributed by atoms with E-state index >= 15 is 0 Å². The smallest absolute Gasteiger partial charge is 0.296 e. The molecule has 0 spiro atoms. The van der Waals surface area contributed by atoms with E-state index in [1.807, 2.05) is 0 Å². The number of benzene rings is 2. The molecule has 3 rings (SSSR count). The molecular formula is C26H25N3O5. The van der Waals surface area contributed by atoms with Gasteiger partial charge in [0.25, 0.3) is 5.91 Å². The van der Waals surface area contributed by atoms with Gasteiger partial charge in [0.05, 0.1) is 6.04 Å². The average Bonchev–Trinajstić information content (AvgIpc) is 2.81. The van der Waals surface area contributed by atoms with E-state index in [9.17, 15) is 24.0 Å². The van der Waals surface area contributed by atoms with E-state index in [0.717, 1.165) is 11.8 Å². The summed E-state index contributed by atoms with van der Waals surface area (Å²) in [7, 11) is 1.77. The maximum atomic E-state index is 12.1. The Labute approximate surface area is 197 Å². The van der Waals surface area contributed by atoms with Gasteiger partial charge >= 0.3 is 0 Å². The Morgan fingerprint density at radius 2 is 1.91 bits per heavy atom. The first-order chi connectivity index (χ1) is 16.3. The summed E-state index contributed by atoms with van der Waals surface area (Å²) in [6.07, 6.45) is 1.44. The molecule has 1 saturated heterocycles. The van der Waals surface area contributed by atoms with Crippen molar-refractivity contribution in [1.29, 1.82) is 0 Å². The first-order valence-corrected chi connectivity index (χ1v) is 10.8. The number of piperidine rings is 1. The highest BCUT2D eigenvalue weighted by Gasteiger charge is 2.30. The van der Waals surface area contributed by atoms with Gasteiger partial charge in [-0.15, -0.1) is 0 Å². The second-order valence-corrected chi connectivity index (χ2v) is 8.10. The molecule has 2 N–H and O–H groups in total. The van der Waals surface area contributed by atoms with Crippen molar-refractivity contribution >= 4 is 29.8 Å². The fourth-order valence-electron chi connectivity index (χ4n) is 3.65. The zero-order chi connectivity index (χ0) is 24.7. The number of amides is 3. The number of ketones is 1. The highest BCUT2D eigenvalue weighted by atomic mass is 16.2. The Kier molecular flexibility index (Phi) is 8.06. The predicted octanol–water partition coefficient (Wildman–Crippen LogP) is 1.61. The Hall–Kier alpha value is -4.09. The number of carbonyl (C=O) groups excluding carboxylic acids is 5. The number of nitrogens with zero attached hydrogens (tertiary/aromatic N) is 1. The lowest BCUT2D eigenvalue weighted by Gasteiger charge is -2.30. The van der Waals surface area contributed by atoms with Crippen LogP contribution in [-0.2, 0) is 27.5 Å². The van der Waals surface area contributed by atoms with Gasteiger partial charge in [-0.3, -0.25) is 34.2 Å². The molecule has 1 fully saturated rings. The van der Waals surface area contributed by atoms with Gasteiger partial charge in [-0.2, -0.15) is 0 Å². The van der Waals surface area contributed by atoms with Gasteiger partial charge in [-0.05, 0) is 43.7 Å². The van der Waals surface area contributed by atoms with Gasteiger partial charge in [0.1, 0.15) is 6.29 Å². The molecule has 34 heavy (non-hydrogen) atoms. The lowest BCUT2D eigenvalue weighted by atomic mass is 10.0. The number of rotatable bonds is 7. The molecule has 3 amide bonds. The summed E-state index contributed by atoms with van der Waals surface area (Å²) < 4.78 is 0. The van der Waals surface area contributed by atoms with Crippen molar-refractivity contribution < 1.29 is 24.0 Å². The van der Waals surface area contributed by atoms with E-state index in [-0.39, 0.29) is 30.6 Å². The molecule has 0 aliphatic carbocycles. The second-order valence-electron chi connectivity index (χ2n) is 8.10. The third-order valence-electron chi connectivity index (χ3n) is 5.56. The van der Waals surface area contributed by atoms with Crippen molar-refractivity contribution in [3.8, 4) is 11.8 Å². The number of imide groups is 1. The van der Waals surface area contributed by atoms with Crippen LogP contribution in [0.25, 0.3) is 0 Å². The minimum atomic E-state index is -0.461. The van der Waals surface area contributed by atoms with Gasteiger partial charge < -0.3 is 5.32 Å². The van der Waals surface area contributed by atoms with Crippen molar-refractivity contribution in [1.82, 2.24) is 15.5 Å². The van der Waals surface area contributed by atoms with Crippen LogP contribution in [0, 0.1) is 11.8 Å². The molecular weight excluding hydrogens is 434 g/mol. The Morgan fingerprint density at radius 3 is 2.56 bits per heavy atom. The van der Waals surface area contributed by atoms with E-state index in [4.69, 9.17) is 0 Å². The van der Waals surface area contributed by atoms with Crippen LogP contribution >= 0.6 is 0 Å². The van der Waals surface area contributed by atoms with Crippen LogP contribution in [0.2, 0.25) is 0 Å². The van der Waals surface area contributed by atoms with Crippen molar-refractivity contribution in [3.63, 3.8) is 0 Å².